The van der Waals surface area contributed by atoms with Crippen LogP contribution in [-0.2, 0) is 6.42 Å². The van der Waals surface area contributed by atoms with Crippen molar-refractivity contribution in [2.75, 3.05) is 31.9 Å². The summed E-state index contributed by atoms with van der Waals surface area (Å²) in [4.78, 5) is 19.8. The molecule has 3 N–H and O–H groups in total. The second-order valence-corrected chi connectivity index (χ2v) is 7.74. The summed E-state index contributed by atoms with van der Waals surface area (Å²) in [7, 11) is 0. The Balaban J connectivity index is 1.63. The van der Waals surface area contributed by atoms with Gasteiger partial charge in [-0.05, 0) is 63.4 Å². The van der Waals surface area contributed by atoms with E-state index in [4.69, 9.17) is 17.3 Å². The molecule has 0 atom stereocenters. The van der Waals surface area contributed by atoms with Gasteiger partial charge in [0, 0.05) is 6.54 Å². The van der Waals surface area contributed by atoms with Gasteiger partial charge in [-0.3, -0.25) is 9.20 Å². The van der Waals surface area contributed by atoms with Gasteiger partial charge in [-0.15, -0.1) is 0 Å². The van der Waals surface area contributed by atoms with Crippen LogP contribution in [0.4, 0.5) is 5.82 Å². The number of carbonyl (C=O) groups excluding carboxylic acids is 1. The molecule has 148 valence electrons. The summed E-state index contributed by atoms with van der Waals surface area (Å²) in [5, 5.41) is 3.58. The number of nitrogen functional groups attached to an aromatic ring is 1. The van der Waals surface area contributed by atoms with E-state index in [-0.39, 0.29) is 5.91 Å². The lowest BCUT2D eigenvalue weighted by atomic mass is 9.96. The first kappa shape index (κ1) is 20.0. The number of hydrogen-bond donors (Lipinski definition) is 2. The molecule has 0 unspecified atom stereocenters. The van der Waals surface area contributed by atoms with Crippen LogP contribution in [0.1, 0.15) is 55.6 Å². The van der Waals surface area contributed by atoms with E-state index in [1.807, 2.05) is 6.92 Å². The molecule has 1 aliphatic heterocycles. The van der Waals surface area contributed by atoms with Crippen molar-refractivity contribution >= 4 is 29.0 Å². The van der Waals surface area contributed by atoms with Gasteiger partial charge in [0.1, 0.15) is 11.0 Å². The minimum absolute atomic E-state index is 0.113. The van der Waals surface area contributed by atoms with Crippen molar-refractivity contribution in [1.29, 1.82) is 0 Å². The van der Waals surface area contributed by atoms with E-state index in [1.165, 1.54) is 19.4 Å². The van der Waals surface area contributed by atoms with Gasteiger partial charge in [0.15, 0.2) is 5.65 Å². The lowest BCUT2D eigenvalue weighted by Crippen LogP contribution is -2.39. The number of amides is 1. The second kappa shape index (κ2) is 8.93. The highest BCUT2D eigenvalue weighted by atomic mass is 35.5. The van der Waals surface area contributed by atoms with Crippen LogP contribution in [0.15, 0.2) is 12.1 Å². The number of rotatable bonds is 7. The van der Waals surface area contributed by atoms with E-state index in [0.717, 1.165) is 31.6 Å². The van der Waals surface area contributed by atoms with Crippen LogP contribution in [0.2, 0.25) is 5.15 Å². The summed E-state index contributed by atoms with van der Waals surface area (Å²) in [5.74, 6) is 0.905. The van der Waals surface area contributed by atoms with E-state index in [2.05, 4.69) is 22.1 Å². The van der Waals surface area contributed by atoms with Crippen molar-refractivity contribution in [2.24, 2.45) is 5.92 Å². The molecule has 1 aliphatic rings. The van der Waals surface area contributed by atoms with Gasteiger partial charge in [0.2, 0.25) is 0 Å². The topological polar surface area (TPSA) is 75.7 Å². The lowest BCUT2D eigenvalue weighted by molar-refractivity contribution is 0.0937. The molecule has 1 fully saturated rings. The highest BCUT2D eigenvalue weighted by molar-refractivity contribution is 6.30. The quantitative estimate of drug-likeness (QED) is 0.758. The standard InChI is InChI=1S/C20H30ClN5O/c1-3-5-10-25-11-8-14(9-12-25)13-23-20(27)15-6-7-17(22)26-18(21)16(4-2)24-19(15)26/h6-7,14H,3-5,8-13,22H2,1-2H3,(H,23,27). The summed E-state index contributed by atoms with van der Waals surface area (Å²) in [6.45, 7) is 8.36. The summed E-state index contributed by atoms with van der Waals surface area (Å²) in [5.41, 5.74) is 7.84. The number of aromatic nitrogens is 2. The number of halogens is 1. The molecule has 2 aromatic rings. The molecule has 27 heavy (non-hydrogen) atoms. The first-order valence-corrected chi connectivity index (χ1v) is 10.4. The molecule has 0 radical (unpaired) electrons. The fourth-order valence-corrected chi connectivity index (χ4v) is 4.06. The highest BCUT2D eigenvalue weighted by Gasteiger charge is 2.21. The van der Waals surface area contributed by atoms with Crippen molar-refractivity contribution in [1.82, 2.24) is 19.6 Å². The van der Waals surface area contributed by atoms with Crippen LogP contribution in [0.25, 0.3) is 5.65 Å². The predicted octanol–water partition coefficient (Wildman–Crippen LogP) is 3.37. The van der Waals surface area contributed by atoms with E-state index in [1.54, 1.807) is 16.5 Å². The third-order valence-electron chi connectivity index (χ3n) is 5.47. The molecule has 3 rings (SSSR count). The Morgan fingerprint density at radius 2 is 2.07 bits per heavy atom. The molecular formula is C20H30ClN5O. The number of nitrogens with one attached hydrogen (secondary N) is 1. The highest BCUT2D eigenvalue weighted by Crippen LogP contribution is 2.25. The third kappa shape index (κ3) is 4.38. The van der Waals surface area contributed by atoms with E-state index < -0.39 is 0 Å². The Morgan fingerprint density at radius 1 is 1.33 bits per heavy atom. The molecule has 0 bridgehead atoms. The van der Waals surface area contributed by atoms with Crippen LogP contribution < -0.4 is 11.1 Å². The molecule has 0 spiro atoms. The first-order chi connectivity index (χ1) is 13.0. The number of carbonyl (C=O) groups is 1. The predicted molar refractivity (Wildman–Crippen MR) is 110 cm³/mol. The maximum Gasteiger partial charge on any atom is 0.255 e. The van der Waals surface area contributed by atoms with Gasteiger partial charge >= 0.3 is 0 Å². The van der Waals surface area contributed by atoms with Crippen LogP contribution in [0.3, 0.4) is 0 Å². The lowest BCUT2D eigenvalue weighted by Gasteiger charge is -2.31. The summed E-state index contributed by atoms with van der Waals surface area (Å²) in [6.07, 6.45) is 5.47. The molecule has 3 heterocycles. The van der Waals surface area contributed by atoms with E-state index >= 15 is 0 Å². The van der Waals surface area contributed by atoms with Gasteiger partial charge in [-0.25, -0.2) is 4.98 Å². The number of hydrogen-bond acceptors (Lipinski definition) is 4. The maximum absolute atomic E-state index is 12.8. The first-order valence-electron chi connectivity index (χ1n) is 10.0. The molecule has 1 saturated heterocycles. The smallest absolute Gasteiger partial charge is 0.255 e. The molecule has 6 nitrogen and oxygen atoms in total. The maximum atomic E-state index is 12.8. The summed E-state index contributed by atoms with van der Waals surface area (Å²) >= 11 is 6.37. The Kier molecular flexibility index (Phi) is 6.60. The van der Waals surface area contributed by atoms with Crippen LogP contribution in [0.5, 0.6) is 0 Å². The molecule has 2 aromatic heterocycles. The number of aryl methyl sites for hydroxylation is 1. The molecule has 1 amide bonds. The van der Waals surface area contributed by atoms with Gasteiger partial charge in [0.25, 0.3) is 5.91 Å². The van der Waals surface area contributed by atoms with Crippen molar-refractivity contribution in [3.63, 3.8) is 0 Å². The van der Waals surface area contributed by atoms with Crippen molar-refractivity contribution in [3.8, 4) is 0 Å². The Bertz CT molecular complexity index is 795. The number of fused-ring (bicyclic) bond motifs is 1. The van der Waals surface area contributed by atoms with Crippen molar-refractivity contribution in [2.45, 2.75) is 46.0 Å². The minimum atomic E-state index is -0.113. The van der Waals surface area contributed by atoms with Gasteiger partial charge in [-0.2, -0.15) is 0 Å². The second-order valence-electron chi connectivity index (χ2n) is 7.38. The molecule has 0 saturated carbocycles. The Hall–Kier alpha value is -1.79. The largest absolute Gasteiger partial charge is 0.385 e. The number of pyridine rings is 1. The van der Waals surface area contributed by atoms with Gasteiger partial charge in [-0.1, -0.05) is 31.9 Å². The summed E-state index contributed by atoms with van der Waals surface area (Å²) < 4.78 is 1.65. The summed E-state index contributed by atoms with van der Waals surface area (Å²) in [6, 6.07) is 3.44. The van der Waals surface area contributed by atoms with Gasteiger partial charge < -0.3 is 16.0 Å². The number of nitrogens with two attached hydrogens (primary N) is 1. The number of likely N-dealkylation sites (tertiary alicyclic amines) is 1. The number of piperidine rings is 1. The normalized spacial score (nSPS) is 16.1. The third-order valence-corrected chi connectivity index (χ3v) is 5.86. The van der Waals surface area contributed by atoms with Gasteiger partial charge in [0.05, 0.1) is 11.3 Å². The number of nitrogens with zero attached hydrogens (tertiary/aromatic N) is 3. The average molecular weight is 392 g/mol. The van der Waals surface area contributed by atoms with Crippen LogP contribution in [0, 0.1) is 5.92 Å². The molecule has 0 aliphatic carbocycles. The number of anilines is 1. The fourth-order valence-electron chi connectivity index (χ4n) is 3.71. The monoisotopic (exact) mass is 391 g/mol. The number of unbranched alkanes of at least 4 members (excludes halogenated alkanes) is 1. The number of imidazole rings is 1. The Labute approximate surface area is 166 Å². The van der Waals surface area contributed by atoms with E-state index in [9.17, 15) is 4.79 Å². The van der Waals surface area contributed by atoms with Crippen LogP contribution in [-0.4, -0.2) is 46.4 Å². The van der Waals surface area contributed by atoms with Crippen molar-refractivity contribution in [3.05, 3.63) is 28.5 Å². The van der Waals surface area contributed by atoms with E-state index in [0.29, 0.717) is 41.1 Å². The zero-order valence-electron chi connectivity index (χ0n) is 16.3. The zero-order valence-corrected chi connectivity index (χ0v) is 17.1. The van der Waals surface area contributed by atoms with Crippen molar-refractivity contribution < 1.29 is 4.79 Å². The Morgan fingerprint density at radius 3 is 2.74 bits per heavy atom. The molecule has 0 aromatic carbocycles. The zero-order chi connectivity index (χ0) is 19.4. The molecule has 7 heteroatoms. The van der Waals surface area contributed by atoms with Crippen LogP contribution >= 0.6 is 11.6 Å². The molecular weight excluding hydrogens is 362 g/mol. The fraction of sp³-hybridized carbons (Fsp3) is 0.600. The SMILES string of the molecule is CCCCN1CCC(CNC(=O)c2ccc(N)n3c(Cl)c(CC)nc23)CC1. The average Bonchev–Trinajstić information content (AvgIpc) is 3.03. The minimum Gasteiger partial charge on any atom is -0.385 e.